The summed E-state index contributed by atoms with van der Waals surface area (Å²) in [6, 6.07) is 16.6. The number of likely N-dealkylation sites (N-methyl/N-ethyl adjacent to an activating group) is 1. The summed E-state index contributed by atoms with van der Waals surface area (Å²) < 4.78 is 31.2. The number of hydrogen-bond donors (Lipinski definition) is 1. The van der Waals surface area contributed by atoms with Crippen molar-refractivity contribution in [3.05, 3.63) is 60.2 Å². The maximum Gasteiger partial charge on any atom is 0.243 e. The molecule has 0 aliphatic carbocycles. The molecule has 26 heavy (non-hydrogen) atoms. The average molecular weight is 373 g/mol. The van der Waals surface area contributed by atoms with Crippen molar-refractivity contribution in [1.82, 2.24) is 9.62 Å². The number of amides is 1. The van der Waals surface area contributed by atoms with Crippen molar-refractivity contribution in [1.29, 1.82) is 5.26 Å². The Kier molecular flexibility index (Phi) is 6.72. The fraction of sp³-hybridized carbons (Fsp3) is 0.222. The van der Waals surface area contributed by atoms with Crippen molar-refractivity contribution in [3.8, 4) is 11.8 Å². The van der Waals surface area contributed by atoms with Gasteiger partial charge < -0.3 is 10.1 Å². The summed E-state index contributed by atoms with van der Waals surface area (Å²) >= 11 is 0. The van der Waals surface area contributed by atoms with E-state index in [-0.39, 0.29) is 24.6 Å². The van der Waals surface area contributed by atoms with Crippen molar-refractivity contribution < 1.29 is 17.9 Å². The average Bonchev–Trinajstić information content (AvgIpc) is 2.66. The van der Waals surface area contributed by atoms with Crippen LogP contribution >= 0.6 is 0 Å². The van der Waals surface area contributed by atoms with E-state index >= 15 is 0 Å². The molecule has 0 saturated carbocycles. The molecule has 7 nitrogen and oxygen atoms in total. The number of carbonyl (C=O) groups is 1. The van der Waals surface area contributed by atoms with Gasteiger partial charge in [0.05, 0.1) is 29.6 Å². The van der Waals surface area contributed by atoms with Gasteiger partial charge in [0.25, 0.3) is 0 Å². The van der Waals surface area contributed by atoms with E-state index in [9.17, 15) is 13.2 Å². The third-order valence-electron chi connectivity index (χ3n) is 3.49. The Labute approximate surface area is 152 Å². The van der Waals surface area contributed by atoms with Crippen molar-refractivity contribution >= 4 is 15.9 Å². The largest absolute Gasteiger partial charge is 0.492 e. The van der Waals surface area contributed by atoms with Crippen LogP contribution in [-0.4, -0.2) is 45.4 Å². The molecule has 0 atom stereocenters. The van der Waals surface area contributed by atoms with Gasteiger partial charge in [0.15, 0.2) is 0 Å². The zero-order chi connectivity index (χ0) is 19.0. The molecule has 0 unspecified atom stereocenters. The number of rotatable bonds is 8. The quantitative estimate of drug-likeness (QED) is 0.705. The second-order valence-corrected chi connectivity index (χ2v) is 7.45. The molecule has 0 aliphatic heterocycles. The molecular formula is C18H19N3O4S. The number of nitrogens with one attached hydrogen (secondary N) is 1. The van der Waals surface area contributed by atoms with Crippen LogP contribution in [0.2, 0.25) is 0 Å². The van der Waals surface area contributed by atoms with E-state index in [0.717, 1.165) is 4.31 Å². The summed E-state index contributed by atoms with van der Waals surface area (Å²) in [5.41, 5.74) is 0.364. The maximum atomic E-state index is 12.4. The summed E-state index contributed by atoms with van der Waals surface area (Å²) in [4.78, 5) is 12.0. The van der Waals surface area contributed by atoms with Crippen molar-refractivity contribution in [2.24, 2.45) is 0 Å². The molecule has 2 aromatic carbocycles. The molecule has 0 bridgehead atoms. The van der Waals surface area contributed by atoms with Gasteiger partial charge >= 0.3 is 0 Å². The molecular weight excluding hydrogens is 354 g/mol. The lowest BCUT2D eigenvalue weighted by Gasteiger charge is -2.17. The first-order valence-corrected chi connectivity index (χ1v) is 9.28. The van der Waals surface area contributed by atoms with E-state index in [1.807, 2.05) is 24.3 Å². The minimum absolute atomic E-state index is 0.0270. The van der Waals surface area contributed by atoms with Crippen molar-refractivity contribution in [2.75, 3.05) is 26.7 Å². The fourth-order valence-electron chi connectivity index (χ4n) is 2.10. The summed E-state index contributed by atoms with van der Waals surface area (Å²) in [6.07, 6.45) is 0. The van der Waals surface area contributed by atoms with Gasteiger partial charge in [0, 0.05) is 7.05 Å². The molecule has 0 radical (unpaired) electrons. The smallest absolute Gasteiger partial charge is 0.243 e. The summed E-state index contributed by atoms with van der Waals surface area (Å²) in [6.45, 7) is 0.230. The van der Waals surface area contributed by atoms with Crippen LogP contribution in [0.15, 0.2) is 59.5 Å². The fourth-order valence-corrected chi connectivity index (χ4v) is 3.23. The highest BCUT2D eigenvalue weighted by molar-refractivity contribution is 7.89. The van der Waals surface area contributed by atoms with Gasteiger partial charge in [-0.2, -0.15) is 9.57 Å². The van der Waals surface area contributed by atoms with Crippen LogP contribution < -0.4 is 10.1 Å². The first kappa shape index (κ1) is 19.4. The molecule has 1 N–H and O–H groups in total. The van der Waals surface area contributed by atoms with Crippen molar-refractivity contribution in [2.45, 2.75) is 4.90 Å². The highest BCUT2D eigenvalue weighted by Gasteiger charge is 2.22. The van der Waals surface area contributed by atoms with Crippen LogP contribution in [0, 0.1) is 11.3 Å². The molecule has 0 aliphatic rings. The number of nitriles is 1. The Balaban J connectivity index is 1.82. The second-order valence-electron chi connectivity index (χ2n) is 5.41. The van der Waals surface area contributed by atoms with Gasteiger partial charge in [-0.1, -0.05) is 18.2 Å². The molecule has 0 aromatic heterocycles. The van der Waals surface area contributed by atoms with Crippen LogP contribution in [0.5, 0.6) is 5.75 Å². The van der Waals surface area contributed by atoms with Gasteiger partial charge in [-0.05, 0) is 36.4 Å². The van der Waals surface area contributed by atoms with E-state index in [4.69, 9.17) is 10.00 Å². The number of sulfonamides is 1. The van der Waals surface area contributed by atoms with E-state index in [0.29, 0.717) is 11.3 Å². The van der Waals surface area contributed by atoms with Crippen LogP contribution in [0.3, 0.4) is 0 Å². The SMILES string of the molecule is CN(CC(=O)NCCOc1ccccc1)S(=O)(=O)c1ccc(C#N)cc1. The summed E-state index contributed by atoms with van der Waals surface area (Å²) in [5.74, 6) is 0.267. The second kappa shape index (κ2) is 8.99. The Morgan fingerprint density at radius 1 is 1.15 bits per heavy atom. The number of carbonyl (C=O) groups excluding carboxylic acids is 1. The molecule has 0 spiro atoms. The molecule has 8 heteroatoms. The zero-order valence-electron chi connectivity index (χ0n) is 14.3. The summed E-state index contributed by atoms with van der Waals surface area (Å²) in [7, 11) is -2.47. The monoisotopic (exact) mass is 373 g/mol. The number of nitrogens with zero attached hydrogens (tertiary/aromatic N) is 2. The normalized spacial score (nSPS) is 11.0. The lowest BCUT2D eigenvalue weighted by atomic mass is 10.2. The van der Waals surface area contributed by atoms with Gasteiger partial charge in [-0.15, -0.1) is 0 Å². The van der Waals surface area contributed by atoms with E-state index < -0.39 is 15.9 Å². The van der Waals surface area contributed by atoms with Gasteiger partial charge in [-0.25, -0.2) is 8.42 Å². The Bertz CT molecular complexity index is 875. The number of hydrogen-bond acceptors (Lipinski definition) is 5. The Morgan fingerprint density at radius 3 is 2.42 bits per heavy atom. The van der Waals surface area contributed by atoms with Crippen LogP contribution in [-0.2, 0) is 14.8 Å². The highest BCUT2D eigenvalue weighted by Crippen LogP contribution is 2.14. The van der Waals surface area contributed by atoms with Gasteiger partial charge in [0.1, 0.15) is 12.4 Å². The van der Waals surface area contributed by atoms with Gasteiger partial charge in [-0.3, -0.25) is 4.79 Å². The predicted octanol–water partition coefficient (Wildman–Crippen LogP) is 1.37. The van der Waals surface area contributed by atoms with Gasteiger partial charge in [0.2, 0.25) is 15.9 Å². The number of ether oxygens (including phenoxy) is 1. The molecule has 0 heterocycles. The van der Waals surface area contributed by atoms with Crippen LogP contribution in [0.4, 0.5) is 0 Å². The number of para-hydroxylation sites is 1. The zero-order valence-corrected chi connectivity index (χ0v) is 15.1. The van der Waals surface area contributed by atoms with Crippen LogP contribution in [0.25, 0.3) is 0 Å². The Morgan fingerprint density at radius 2 is 1.81 bits per heavy atom. The molecule has 0 fully saturated rings. The minimum atomic E-state index is -3.80. The Hall–Kier alpha value is -2.89. The van der Waals surface area contributed by atoms with E-state index in [1.165, 1.54) is 31.3 Å². The first-order chi connectivity index (χ1) is 12.4. The lowest BCUT2D eigenvalue weighted by Crippen LogP contribution is -2.39. The molecule has 1 amide bonds. The maximum absolute atomic E-state index is 12.4. The summed E-state index contributed by atoms with van der Waals surface area (Å²) in [5, 5.41) is 11.4. The molecule has 2 aromatic rings. The van der Waals surface area contributed by atoms with E-state index in [2.05, 4.69) is 5.32 Å². The van der Waals surface area contributed by atoms with Crippen LogP contribution in [0.1, 0.15) is 5.56 Å². The standard InChI is InChI=1S/C18H19N3O4S/c1-21(26(23,24)17-9-7-15(13-19)8-10-17)14-18(22)20-11-12-25-16-5-3-2-4-6-16/h2-10H,11-12,14H2,1H3,(H,20,22). The molecule has 2 rings (SSSR count). The third-order valence-corrected chi connectivity index (χ3v) is 5.31. The minimum Gasteiger partial charge on any atom is -0.492 e. The first-order valence-electron chi connectivity index (χ1n) is 7.84. The predicted molar refractivity (Wildman–Crippen MR) is 95.9 cm³/mol. The number of benzene rings is 2. The van der Waals surface area contributed by atoms with Crippen molar-refractivity contribution in [3.63, 3.8) is 0 Å². The lowest BCUT2D eigenvalue weighted by molar-refractivity contribution is -0.121. The third kappa shape index (κ3) is 5.31. The topological polar surface area (TPSA) is 99.5 Å². The van der Waals surface area contributed by atoms with E-state index in [1.54, 1.807) is 12.1 Å². The molecule has 0 saturated heterocycles. The molecule has 136 valence electrons. The highest BCUT2D eigenvalue weighted by atomic mass is 32.2.